The number of hydrogen-bond donors (Lipinski definition) is 1. The van der Waals surface area contributed by atoms with Crippen molar-refractivity contribution >= 4 is 29.7 Å². The molecule has 24 heavy (non-hydrogen) atoms. The van der Waals surface area contributed by atoms with Gasteiger partial charge in [0, 0.05) is 18.5 Å². The Balaban J connectivity index is 0.00000208. The second kappa shape index (κ2) is 8.10. The van der Waals surface area contributed by atoms with Gasteiger partial charge in [-0.3, -0.25) is 4.79 Å². The smallest absolute Gasteiger partial charge is 0.273 e. The van der Waals surface area contributed by atoms with Crippen LogP contribution in [0.4, 0.5) is 0 Å². The molecule has 0 spiro atoms. The molecule has 0 bridgehead atoms. The topological polar surface area (TPSA) is 59.2 Å². The predicted octanol–water partition coefficient (Wildman–Crippen LogP) is 3.46. The predicted molar refractivity (Wildman–Crippen MR) is 101 cm³/mol. The molecule has 4 nitrogen and oxygen atoms in total. The summed E-state index contributed by atoms with van der Waals surface area (Å²) in [6.07, 6.45) is 1.81. The minimum atomic E-state index is -0.102. The van der Waals surface area contributed by atoms with Gasteiger partial charge in [0.2, 0.25) is 0 Å². The van der Waals surface area contributed by atoms with Gasteiger partial charge in [0.15, 0.2) is 0 Å². The van der Waals surface area contributed by atoms with Crippen molar-refractivity contribution in [3.8, 4) is 0 Å². The van der Waals surface area contributed by atoms with Crippen LogP contribution in [0.5, 0.6) is 0 Å². The van der Waals surface area contributed by atoms with Crippen molar-refractivity contribution in [3.05, 3.63) is 51.5 Å². The highest BCUT2D eigenvalue weighted by Crippen LogP contribution is 2.24. The van der Waals surface area contributed by atoms with Gasteiger partial charge < -0.3 is 10.6 Å². The first-order valence-electron chi connectivity index (χ1n) is 8.13. The van der Waals surface area contributed by atoms with Crippen molar-refractivity contribution in [3.63, 3.8) is 0 Å². The Morgan fingerprint density at radius 3 is 2.33 bits per heavy atom. The lowest BCUT2D eigenvalue weighted by Gasteiger charge is -2.19. The van der Waals surface area contributed by atoms with E-state index in [2.05, 4.69) is 43.1 Å². The summed E-state index contributed by atoms with van der Waals surface area (Å²) in [5.41, 5.74) is 9.37. The summed E-state index contributed by atoms with van der Waals surface area (Å²) in [5, 5.41) is 2.69. The number of hydrogen-bond acceptors (Lipinski definition) is 4. The molecule has 1 aromatic heterocycles. The molecule has 2 aromatic rings. The van der Waals surface area contributed by atoms with Crippen molar-refractivity contribution in [1.29, 1.82) is 0 Å². The Kier molecular flexibility index (Phi) is 6.38. The second-order valence-electron chi connectivity index (χ2n) is 6.40. The monoisotopic (exact) mass is 365 g/mol. The normalized spacial score (nSPS) is 15.4. The van der Waals surface area contributed by atoms with E-state index in [0.29, 0.717) is 11.6 Å². The number of aromatic nitrogens is 1. The minimum absolute atomic E-state index is 0. The maximum atomic E-state index is 12.7. The van der Waals surface area contributed by atoms with Crippen LogP contribution in [-0.4, -0.2) is 28.9 Å². The van der Waals surface area contributed by atoms with Crippen LogP contribution in [0.25, 0.3) is 0 Å². The Bertz CT molecular complexity index is 674. The fourth-order valence-electron chi connectivity index (χ4n) is 2.86. The molecule has 1 aliphatic rings. The summed E-state index contributed by atoms with van der Waals surface area (Å²) in [6.45, 7) is 5.64. The molecule has 3 rings (SSSR count). The maximum absolute atomic E-state index is 12.7. The van der Waals surface area contributed by atoms with E-state index in [9.17, 15) is 4.79 Å². The molecule has 2 heterocycles. The standard InChI is InChI=1S/C18H23N3OS.ClH/c1-12(2)16(19)17-20-15(11-23-17)18(22)21-9-7-13-5-3-4-6-14(13)8-10-21;/h3-6,11-12,16H,7-10,19H2,1-2H3;1H/t16-;/m0./s1. The van der Waals surface area contributed by atoms with Crippen molar-refractivity contribution in [2.24, 2.45) is 11.7 Å². The summed E-state index contributed by atoms with van der Waals surface area (Å²) < 4.78 is 0. The molecule has 0 saturated heterocycles. The average Bonchev–Trinajstić information content (AvgIpc) is 2.94. The van der Waals surface area contributed by atoms with Crippen molar-refractivity contribution in [1.82, 2.24) is 9.88 Å². The zero-order valence-electron chi connectivity index (χ0n) is 14.1. The largest absolute Gasteiger partial charge is 0.337 e. The first-order chi connectivity index (χ1) is 11.1. The van der Waals surface area contributed by atoms with E-state index in [1.54, 1.807) is 0 Å². The van der Waals surface area contributed by atoms with Gasteiger partial charge in [0.05, 0.1) is 6.04 Å². The highest BCUT2D eigenvalue weighted by Gasteiger charge is 2.23. The average molecular weight is 366 g/mol. The summed E-state index contributed by atoms with van der Waals surface area (Å²) >= 11 is 1.49. The van der Waals surface area contributed by atoms with Crippen molar-refractivity contribution in [2.45, 2.75) is 32.7 Å². The molecule has 0 fully saturated rings. The Morgan fingerprint density at radius 2 is 1.79 bits per heavy atom. The van der Waals surface area contributed by atoms with Crippen LogP contribution >= 0.6 is 23.7 Å². The lowest BCUT2D eigenvalue weighted by atomic mass is 10.0. The van der Waals surface area contributed by atoms with Gasteiger partial charge in [-0.25, -0.2) is 4.98 Å². The number of amides is 1. The van der Waals surface area contributed by atoms with Gasteiger partial charge in [-0.2, -0.15) is 0 Å². The first-order valence-corrected chi connectivity index (χ1v) is 9.01. The number of benzene rings is 1. The number of nitrogens with zero attached hydrogens (tertiary/aromatic N) is 2. The molecular weight excluding hydrogens is 342 g/mol. The Morgan fingerprint density at radius 1 is 1.21 bits per heavy atom. The summed E-state index contributed by atoms with van der Waals surface area (Å²) in [7, 11) is 0. The van der Waals surface area contributed by atoms with Crippen LogP contribution in [0, 0.1) is 5.92 Å². The third-order valence-electron chi connectivity index (χ3n) is 4.45. The lowest BCUT2D eigenvalue weighted by Crippen LogP contribution is -2.33. The first kappa shape index (κ1) is 18.9. The molecule has 1 aromatic carbocycles. The number of nitrogens with two attached hydrogens (primary N) is 1. The zero-order chi connectivity index (χ0) is 16.4. The van der Waals surface area contributed by atoms with E-state index in [-0.39, 0.29) is 24.4 Å². The molecular formula is C18H24ClN3OS. The van der Waals surface area contributed by atoms with Gasteiger partial charge in [-0.1, -0.05) is 38.1 Å². The molecule has 130 valence electrons. The van der Waals surface area contributed by atoms with Gasteiger partial charge in [-0.05, 0) is 29.9 Å². The number of rotatable bonds is 3. The second-order valence-corrected chi connectivity index (χ2v) is 7.29. The highest BCUT2D eigenvalue weighted by molar-refractivity contribution is 7.09. The third kappa shape index (κ3) is 3.97. The van der Waals surface area contributed by atoms with Crippen molar-refractivity contribution in [2.75, 3.05) is 13.1 Å². The number of thiazole rings is 1. The molecule has 0 radical (unpaired) electrons. The van der Waals surface area contributed by atoms with Crippen molar-refractivity contribution < 1.29 is 4.79 Å². The summed E-state index contributed by atoms with van der Waals surface area (Å²) in [6, 6.07) is 8.35. The molecule has 2 N–H and O–H groups in total. The van der Waals surface area contributed by atoms with Crippen LogP contribution in [0.3, 0.4) is 0 Å². The number of carbonyl (C=O) groups is 1. The lowest BCUT2D eigenvalue weighted by molar-refractivity contribution is 0.0757. The number of halogens is 1. The summed E-state index contributed by atoms with van der Waals surface area (Å²) in [4.78, 5) is 19.1. The fraction of sp³-hybridized carbons (Fsp3) is 0.444. The third-order valence-corrected chi connectivity index (χ3v) is 5.40. The minimum Gasteiger partial charge on any atom is -0.337 e. The van der Waals surface area contributed by atoms with Crippen LogP contribution in [-0.2, 0) is 12.8 Å². The van der Waals surface area contributed by atoms with E-state index in [0.717, 1.165) is 30.9 Å². The zero-order valence-corrected chi connectivity index (χ0v) is 15.7. The molecule has 0 saturated carbocycles. The van der Waals surface area contributed by atoms with E-state index >= 15 is 0 Å². The number of fused-ring (bicyclic) bond motifs is 1. The Hall–Kier alpha value is -1.43. The van der Waals surface area contributed by atoms with Gasteiger partial charge in [0.25, 0.3) is 5.91 Å². The molecule has 0 aliphatic carbocycles. The molecule has 6 heteroatoms. The summed E-state index contributed by atoms with van der Waals surface area (Å²) in [5.74, 6) is 0.341. The SMILES string of the molecule is CC(C)[C@H](N)c1nc(C(=O)N2CCc3ccccc3CC2)cs1.Cl. The molecule has 1 amide bonds. The van der Waals surface area contributed by atoms with Gasteiger partial charge >= 0.3 is 0 Å². The number of carbonyl (C=O) groups excluding carboxylic acids is 1. The van der Waals surface area contributed by atoms with E-state index in [4.69, 9.17) is 5.73 Å². The highest BCUT2D eigenvalue weighted by atomic mass is 35.5. The van der Waals surface area contributed by atoms with Gasteiger partial charge in [-0.15, -0.1) is 23.7 Å². The maximum Gasteiger partial charge on any atom is 0.273 e. The van der Waals surface area contributed by atoms with E-state index < -0.39 is 0 Å². The van der Waals surface area contributed by atoms with Crippen LogP contribution in [0.15, 0.2) is 29.6 Å². The molecule has 0 unspecified atom stereocenters. The Labute approximate surface area is 153 Å². The van der Waals surface area contributed by atoms with Crippen LogP contribution in [0.1, 0.15) is 46.5 Å². The fourth-order valence-corrected chi connectivity index (χ4v) is 3.82. The van der Waals surface area contributed by atoms with Gasteiger partial charge in [0.1, 0.15) is 10.7 Å². The molecule has 1 aliphatic heterocycles. The van der Waals surface area contributed by atoms with Crippen LogP contribution in [0.2, 0.25) is 0 Å². The quantitative estimate of drug-likeness (QED) is 0.906. The molecule has 1 atom stereocenters. The van der Waals surface area contributed by atoms with E-state index in [1.807, 2.05) is 10.3 Å². The van der Waals surface area contributed by atoms with E-state index in [1.165, 1.54) is 22.5 Å². The van der Waals surface area contributed by atoms with Crippen LogP contribution < -0.4 is 5.73 Å².